The zero-order chi connectivity index (χ0) is 12.8. The highest BCUT2D eigenvalue weighted by Crippen LogP contribution is 2.60. The molecule has 0 aromatic carbocycles. The topological polar surface area (TPSA) is 0 Å². The molecular weight excluding hydrogens is 191 g/mol. The molecule has 1 fully saturated rings. The molecule has 92 valence electrons. The summed E-state index contributed by atoms with van der Waals surface area (Å²) in [5, 5.41) is -0.0178. The minimum absolute atomic E-state index is 0.0178. The number of hydrogen-bond acceptors (Lipinski definition) is 0. The van der Waals surface area contributed by atoms with Crippen molar-refractivity contribution in [1.29, 1.82) is 0 Å². The molecule has 2 atom stereocenters. The first-order valence-electron chi connectivity index (χ1n) is 6.70. The fraction of sp³-hybridized carbons (Fsp3) is 1.00. The van der Waals surface area contributed by atoms with Gasteiger partial charge >= 0.3 is 0 Å². The van der Waals surface area contributed by atoms with E-state index in [1.54, 1.807) is 0 Å². The molecule has 0 nitrogen and oxygen atoms in total. The predicted molar refractivity (Wildman–Crippen MR) is 73.9 cm³/mol. The van der Waals surface area contributed by atoms with Gasteiger partial charge in [-0.2, -0.15) is 0 Å². The summed E-state index contributed by atoms with van der Waals surface area (Å²) in [6, 6.07) is 0. The van der Waals surface area contributed by atoms with E-state index < -0.39 is 0 Å². The summed E-state index contributed by atoms with van der Waals surface area (Å²) in [5.41, 5.74) is 1.00. The predicted octanol–water partition coefficient (Wildman–Crippen LogP) is 4.99. The molecule has 2 radical (unpaired) electrons. The molecule has 0 saturated heterocycles. The Morgan fingerprint density at radius 3 is 1.88 bits per heavy atom. The Morgan fingerprint density at radius 2 is 1.44 bits per heavy atom. The van der Waals surface area contributed by atoms with Crippen LogP contribution in [0.15, 0.2) is 0 Å². The van der Waals surface area contributed by atoms with Gasteiger partial charge in [0, 0.05) is 0 Å². The van der Waals surface area contributed by atoms with Crippen LogP contribution in [0.1, 0.15) is 74.1 Å². The summed E-state index contributed by atoms with van der Waals surface area (Å²) >= 11 is 0. The van der Waals surface area contributed by atoms with Crippen LogP contribution in [0, 0.1) is 16.2 Å². The summed E-state index contributed by atoms with van der Waals surface area (Å²) in [6.07, 6.45) is 4.97. The Morgan fingerprint density at radius 1 is 0.938 bits per heavy atom. The molecule has 0 aromatic rings. The molecule has 1 rings (SSSR count). The largest absolute Gasteiger partial charge is 0.0749 e. The van der Waals surface area contributed by atoms with Crippen LogP contribution in [0.25, 0.3) is 0 Å². The maximum Gasteiger partial charge on any atom is 0.0749 e. The summed E-state index contributed by atoms with van der Waals surface area (Å²) in [7, 11) is 6.52. The van der Waals surface area contributed by atoms with E-state index in [0.717, 1.165) is 6.42 Å². The summed E-state index contributed by atoms with van der Waals surface area (Å²) < 4.78 is 0. The molecule has 1 aliphatic rings. The lowest BCUT2D eigenvalue weighted by Crippen LogP contribution is -2.38. The SMILES string of the molecule is [B]C1(C)CCCC(C)(C(C)(C)C)CC1(C)C. The van der Waals surface area contributed by atoms with Crippen molar-refractivity contribution in [3.63, 3.8) is 0 Å². The Bertz CT molecular complexity index is 257. The van der Waals surface area contributed by atoms with Gasteiger partial charge in [-0.15, -0.1) is 0 Å². The molecule has 1 aliphatic carbocycles. The lowest BCUT2D eigenvalue weighted by molar-refractivity contribution is 0.0413. The molecule has 16 heavy (non-hydrogen) atoms. The monoisotopic (exact) mass is 220 g/mol. The van der Waals surface area contributed by atoms with Crippen molar-refractivity contribution in [3.05, 3.63) is 0 Å². The Labute approximate surface area is 104 Å². The maximum absolute atomic E-state index is 6.52. The standard InChI is InChI=1S/C15H29B/c1-12(2,3)14(6)9-8-10-15(7,16)13(4,5)11-14/h8-11H2,1-7H3. The summed E-state index contributed by atoms with van der Waals surface area (Å²) in [4.78, 5) is 0. The first-order valence-corrected chi connectivity index (χ1v) is 6.70. The van der Waals surface area contributed by atoms with Crippen molar-refractivity contribution in [2.45, 2.75) is 79.5 Å². The molecule has 0 N–H and O–H groups in total. The van der Waals surface area contributed by atoms with E-state index in [1.165, 1.54) is 19.3 Å². The van der Waals surface area contributed by atoms with Crippen LogP contribution in [-0.4, -0.2) is 7.85 Å². The van der Waals surface area contributed by atoms with E-state index in [-0.39, 0.29) is 10.7 Å². The smallest absolute Gasteiger partial charge is 0.0671 e. The molecule has 0 aliphatic heterocycles. The number of hydrogen-bond donors (Lipinski definition) is 0. The maximum atomic E-state index is 6.52. The summed E-state index contributed by atoms with van der Waals surface area (Å²) in [6.45, 7) is 16.5. The quantitative estimate of drug-likeness (QED) is 0.398. The first-order chi connectivity index (χ1) is 6.91. The van der Waals surface area contributed by atoms with Gasteiger partial charge in [0.1, 0.15) is 0 Å². The fourth-order valence-electron chi connectivity index (χ4n) is 3.09. The zero-order valence-corrected chi connectivity index (χ0v) is 12.4. The molecule has 0 aromatic heterocycles. The zero-order valence-electron chi connectivity index (χ0n) is 12.4. The van der Waals surface area contributed by atoms with Crippen LogP contribution in [-0.2, 0) is 0 Å². The van der Waals surface area contributed by atoms with Crippen molar-refractivity contribution in [3.8, 4) is 0 Å². The lowest BCUT2D eigenvalue weighted by Gasteiger charge is -2.49. The van der Waals surface area contributed by atoms with Gasteiger partial charge in [0.05, 0.1) is 7.85 Å². The van der Waals surface area contributed by atoms with E-state index in [9.17, 15) is 0 Å². The second-order valence-corrected chi connectivity index (χ2v) is 8.14. The van der Waals surface area contributed by atoms with E-state index in [4.69, 9.17) is 7.85 Å². The molecule has 1 heteroatoms. The first kappa shape index (κ1) is 14.1. The van der Waals surface area contributed by atoms with Gasteiger partial charge < -0.3 is 0 Å². The Hall–Kier alpha value is 0.0649. The molecule has 0 amide bonds. The number of rotatable bonds is 0. The van der Waals surface area contributed by atoms with Gasteiger partial charge in [0.2, 0.25) is 0 Å². The van der Waals surface area contributed by atoms with Crippen LogP contribution in [0.3, 0.4) is 0 Å². The molecule has 1 saturated carbocycles. The van der Waals surface area contributed by atoms with Gasteiger partial charge in [-0.3, -0.25) is 0 Å². The van der Waals surface area contributed by atoms with Gasteiger partial charge in [-0.05, 0) is 29.1 Å². The second-order valence-electron chi connectivity index (χ2n) is 8.14. The molecule has 0 heterocycles. The highest BCUT2D eigenvalue weighted by atomic mass is 14.5. The third kappa shape index (κ3) is 2.34. The third-order valence-electron chi connectivity index (χ3n) is 5.61. The van der Waals surface area contributed by atoms with Crippen LogP contribution in [0.2, 0.25) is 5.31 Å². The highest BCUT2D eigenvalue weighted by molar-refractivity contribution is 6.15. The van der Waals surface area contributed by atoms with E-state index in [0.29, 0.717) is 10.8 Å². The van der Waals surface area contributed by atoms with Gasteiger partial charge in [0.25, 0.3) is 0 Å². The molecule has 0 bridgehead atoms. The van der Waals surface area contributed by atoms with Crippen LogP contribution >= 0.6 is 0 Å². The van der Waals surface area contributed by atoms with E-state index >= 15 is 0 Å². The van der Waals surface area contributed by atoms with Gasteiger partial charge in [-0.1, -0.05) is 66.6 Å². The highest BCUT2D eigenvalue weighted by Gasteiger charge is 2.48. The van der Waals surface area contributed by atoms with Crippen LogP contribution in [0.5, 0.6) is 0 Å². The van der Waals surface area contributed by atoms with Crippen LogP contribution < -0.4 is 0 Å². The molecule has 2 unspecified atom stereocenters. The van der Waals surface area contributed by atoms with Gasteiger partial charge in [0.15, 0.2) is 0 Å². The molecule has 0 spiro atoms. The second kappa shape index (κ2) is 3.78. The van der Waals surface area contributed by atoms with Gasteiger partial charge in [-0.25, -0.2) is 0 Å². The summed E-state index contributed by atoms with van der Waals surface area (Å²) in [5.74, 6) is 0. The Balaban J connectivity index is 3.05. The van der Waals surface area contributed by atoms with Crippen molar-refractivity contribution in [2.24, 2.45) is 16.2 Å². The minimum atomic E-state index is -0.0178. The fourth-order valence-corrected chi connectivity index (χ4v) is 3.09. The minimum Gasteiger partial charge on any atom is -0.0671 e. The van der Waals surface area contributed by atoms with Crippen LogP contribution in [0.4, 0.5) is 0 Å². The third-order valence-corrected chi connectivity index (χ3v) is 5.61. The van der Waals surface area contributed by atoms with Crippen molar-refractivity contribution in [1.82, 2.24) is 0 Å². The van der Waals surface area contributed by atoms with E-state index in [1.807, 2.05) is 0 Å². The van der Waals surface area contributed by atoms with Crippen molar-refractivity contribution in [2.75, 3.05) is 0 Å². The van der Waals surface area contributed by atoms with E-state index in [2.05, 4.69) is 48.5 Å². The normalized spacial score (nSPS) is 40.4. The lowest BCUT2D eigenvalue weighted by atomic mass is 9.49. The van der Waals surface area contributed by atoms with Crippen molar-refractivity contribution >= 4 is 7.85 Å². The average Bonchev–Trinajstić information content (AvgIpc) is 2.06. The average molecular weight is 220 g/mol. The molecular formula is C15H29B. The van der Waals surface area contributed by atoms with Crippen molar-refractivity contribution < 1.29 is 0 Å². The Kier molecular flexibility index (Phi) is 3.34.